The van der Waals surface area contributed by atoms with Crippen LogP contribution in [0.25, 0.3) is 0 Å². The first-order valence-corrected chi connectivity index (χ1v) is 7.96. The van der Waals surface area contributed by atoms with Crippen molar-refractivity contribution in [2.75, 3.05) is 0 Å². The molecule has 1 aliphatic rings. The molecular weight excluding hydrogens is 358 g/mol. The van der Waals surface area contributed by atoms with E-state index in [1.165, 1.54) is 30.3 Å². The molecule has 0 heterocycles. The second kappa shape index (κ2) is 6.24. The highest BCUT2D eigenvalue weighted by Gasteiger charge is 2.73. The molecule has 0 spiro atoms. The average molecular weight is 370 g/mol. The molecule has 1 amide bonds. The van der Waals surface area contributed by atoms with Gasteiger partial charge in [0.1, 0.15) is 0 Å². The van der Waals surface area contributed by atoms with Gasteiger partial charge in [0.15, 0.2) is 11.2 Å². The quantitative estimate of drug-likeness (QED) is 0.492. The van der Waals surface area contributed by atoms with Crippen LogP contribution in [0.5, 0.6) is 0 Å². The Kier molecular flexibility index (Phi) is 4.22. The van der Waals surface area contributed by atoms with Gasteiger partial charge < -0.3 is 5.73 Å². The van der Waals surface area contributed by atoms with Crippen molar-refractivity contribution < 1.29 is 14.5 Å². The highest BCUT2D eigenvalue weighted by Crippen LogP contribution is 2.65. The van der Waals surface area contributed by atoms with Gasteiger partial charge in [0.25, 0.3) is 5.69 Å². The standard InChI is InChI=1S/C18H12ClN3O4/c19-12-3-1-2-11(8-12)16(23)15-14(18(15,9-20)17(21)24)10-4-6-13(7-5-10)22(25)26/h1-8,14-15H,(H2,21,24)/t14-,15+,18+/m1/s1. The molecule has 2 aromatic rings. The Hall–Kier alpha value is -3.24. The van der Waals surface area contributed by atoms with E-state index in [4.69, 9.17) is 17.3 Å². The summed E-state index contributed by atoms with van der Waals surface area (Å²) >= 11 is 5.91. The van der Waals surface area contributed by atoms with E-state index in [0.717, 1.165) is 0 Å². The van der Waals surface area contributed by atoms with Crippen LogP contribution in [-0.2, 0) is 4.79 Å². The van der Waals surface area contributed by atoms with Crippen molar-refractivity contribution in [2.24, 2.45) is 17.1 Å². The first-order valence-electron chi connectivity index (χ1n) is 7.58. The third-order valence-corrected chi connectivity index (χ3v) is 4.89. The fourth-order valence-corrected chi connectivity index (χ4v) is 3.52. The molecule has 1 saturated carbocycles. The first-order chi connectivity index (χ1) is 12.3. The van der Waals surface area contributed by atoms with Crippen LogP contribution in [0.2, 0.25) is 5.02 Å². The zero-order chi connectivity index (χ0) is 19.1. The summed E-state index contributed by atoms with van der Waals surface area (Å²) in [5, 5.41) is 20.7. The lowest BCUT2D eigenvalue weighted by atomic mass is 9.98. The fraction of sp³-hybridized carbons (Fsp3) is 0.167. The topological polar surface area (TPSA) is 127 Å². The summed E-state index contributed by atoms with van der Waals surface area (Å²) in [4.78, 5) is 35.1. The van der Waals surface area contributed by atoms with Gasteiger partial charge in [-0.25, -0.2) is 0 Å². The Morgan fingerprint density at radius 1 is 1.23 bits per heavy atom. The van der Waals surface area contributed by atoms with E-state index in [0.29, 0.717) is 10.6 Å². The van der Waals surface area contributed by atoms with Crippen LogP contribution in [0, 0.1) is 32.8 Å². The van der Waals surface area contributed by atoms with Crippen LogP contribution in [0.1, 0.15) is 21.8 Å². The number of hydrogen-bond acceptors (Lipinski definition) is 5. The van der Waals surface area contributed by atoms with Crippen LogP contribution in [0.3, 0.4) is 0 Å². The number of hydrogen-bond donors (Lipinski definition) is 1. The lowest BCUT2D eigenvalue weighted by Gasteiger charge is -2.03. The van der Waals surface area contributed by atoms with Crippen molar-refractivity contribution in [1.29, 1.82) is 5.26 Å². The van der Waals surface area contributed by atoms with Crippen molar-refractivity contribution in [3.8, 4) is 6.07 Å². The van der Waals surface area contributed by atoms with Crippen molar-refractivity contribution in [3.63, 3.8) is 0 Å². The van der Waals surface area contributed by atoms with E-state index in [2.05, 4.69) is 0 Å². The van der Waals surface area contributed by atoms with E-state index < -0.39 is 33.9 Å². The SMILES string of the molecule is N#C[C@@]1(C(N)=O)[C@H](C(=O)c2cccc(Cl)c2)[C@H]1c1ccc([N+](=O)[O-])cc1. The molecular formula is C18H12ClN3O4. The second-order valence-electron chi connectivity index (χ2n) is 6.02. The Bertz CT molecular complexity index is 967. The Morgan fingerprint density at radius 2 is 1.88 bits per heavy atom. The van der Waals surface area contributed by atoms with E-state index in [1.807, 2.05) is 6.07 Å². The number of halogens is 1. The molecule has 130 valence electrons. The molecule has 0 unspecified atom stereocenters. The molecule has 3 atom stereocenters. The number of carbonyl (C=O) groups is 2. The highest BCUT2D eigenvalue weighted by atomic mass is 35.5. The number of carbonyl (C=O) groups excluding carboxylic acids is 2. The van der Waals surface area contributed by atoms with E-state index in [9.17, 15) is 25.0 Å². The average Bonchev–Trinajstić information content (AvgIpc) is 3.31. The lowest BCUT2D eigenvalue weighted by molar-refractivity contribution is -0.384. The molecule has 2 aromatic carbocycles. The number of nitrogens with two attached hydrogens (primary N) is 1. The van der Waals surface area contributed by atoms with Gasteiger partial charge in [-0.1, -0.05) is 35.9 Å². The summed E-state index contributed by atoms with van der Waals surface area (Å²) in [6.07, 6.45) is 0. The van der Waals surface area contributed by atoms with Crippen LogP contribution < -0.4 is 5.73 Å². The summed E-state index contributed by atoms with van der Waals surface area (Å²) in [5.74, 6) is -3.05. The first kappa shape index (κ1) is 17.6. The largest absolute Gasteiger partial charge is 0.368 e. The van der Waals surface area contributed by atoms with Crippen LogP contribution in [-0.4, -0.2) is 16.6 Å². The summed E-state index contributed by atoms with van der Waals surface area (Å²) < 4.78 is 0. The highest BCUT2D eigenvalue weighted by molar-refractivity contribution is 6.31. The maximum atomic E-state index is 12.9. The van der Waals surface area contributed by atoms with Crippen LogP contribution in [0.15, 0.2) is 48.5 Å². The Balaban J connectivity index is 2.02. The van der Waals surface area contributed by atoms with Gasteiger partial charge >= 0.3 is 0 Å². The third kappa shape index (κ3) is 2.61. The molecule has 7 nitrogen and oxygen atoms in total. The van der Waals surface area contributed by atoms with Gasteiger partial charge in [-0.3, -0.25) is 19.7 Å². The summed E-state index contributed by atoms with van der Waals surface area (Å²) in [7, 11) is 0. The molecule has 1 fully saturated rings. The minimum atomic E-state index is -1.68. The number of nitriles is 1. The lowest BCUT2D eigenvalue weighted by Crippen LogP contribution is -2.27. The van der Waals surface area contributed by atoms with Gasteiger partial charge in [0, 0.05) is 28.6 Å². The van der Waals surface area contributed by atoms with Gasteiger partial charge in [-0.15, -0.1) is 0 Å². The molecule has 2 N–H and O–H groups in total. The Morgan fingerprint density at radius 3 is 2.38 bits per heavy atom. The number of primary amides is 1. The molecule has 8 heteroatoms. The Labute approximate surface area is 153 Å². The summed E-state index contributed by atoms with van der Waals surface area (Å²) in [6.45, 7) is 0. The maximum absolute atomic E-state index is 12.9. The second-order valence-corrected chi connectivity index (χ2v) is 6.46. The smallest absolute Gasteiger partial charge is 0.269 e. The van der Waals surface area contributed by atoms with Gasteiger partial charge in [-0.2, -0.15) is 5.26 Å². The number of nitro groups is 1. The third-order valence-electron chi connectivity index (χ3n) is 4.65. The normalized spacial score (nSPS) is 23.7. The number of nitrogens with zero attached hydrogens (tertiary/aromatic N) is 2. The zero-order valence-corrected chi connectivity index (χ0v) is 14.0. The monoisotopic (exact) mass is 369 g/mol. The van der Waals surface area contributed by atoms with Gasteiger partial charge in [0.2, 0.25) is 5.91 Å². The zero-order valence-electron chi connectivity index (χ0n) is 13.3. The van der Waals surface area contributed by atoms with Crippen LogP contribution >= 0.6 is 11.6 Å². The number of ketones is 1. The number of nitro benzene ring substituents is 1. The maximum Gasteiger partial charge on any atom is 0.269 e. The summed E-state index contributed by atoms with van der Waals surface area (Å²) in [6, 6.07) is 13.5. The number of amides is 1. The number of benzene rings is 2. The molecule has 0 aliphatic heterocycles. The van der Waals surface area contributed by atoms with E-state index in [-0.39, 0.29) is 11.3 Å². The fourth-order valence-electron chi connectivity index (χ4n) is 3.33. The van der Waals surface area contributed by atoms with Crippen molar-refractivity contribution in [3.05, 3.63) is 74.8 Å². The van der Waals surface area contributed by atoms with E-state index >= 15 is 0 Å². The van der Waals surface area contributed by atoms with Crippen molar-refractivity contribution >= 4 is 29.0 Å². The molecule has 3 rings (SSSR count). The van der Waals surface area contributed by atoms with Crippen molar-refractivity contribution in [2.45, 2.75) is 5.92 Å². The number of Topliss-reactive ketones (excluding diaryl/α,β-unsaturated/α-hetero) is 1. The number of non-ortho nitro benzene ring substituents is 1. The van der Waals surface area contributed by atoms with E-state index in [1.54, 1.807) is 18.2 Å². The molecule has 0 radical (unpaired) electrons. The molecule has 1 aliphatic carbocycles. The van der Waals surface area contributed by atoms with Crippen molar-refractivity contribution in [1.82, 2.24) is 0 Å². The molecule has 0 bridgehead atoms. The van der Waals surface area contributed by atoms with Crippen LogP contribution in [0.4, 0.5) is 5.69 Å². The molecule has 0 aromatic heterocycles. The van der Waals surface area contributed by atoms with Gasteiger partial charge in [-0.05, 0) is 17.7 Å². The molecule has 0 saturated heterocycles. The summed E-state index contributed by atoms with van der Waals surface area (Å²) in [5.41, 5.74) is 4.36. The number of rotatable bonds is 5. The predicted octanol–water partition coefficient (Wildman–Crippen LogP) is 2.84. The van der Waals surface area contributed by atoms with Gasteiger partial charge in [0.05, 0.1) is 16.9 Å². The molecule has 26 heavy (non-hydrogen) atoms. The minimum absolute atomic E-state index is 0.131. The predicted molar refractivity (Wildman–Crippen MR) is 92.4 cm³/mol. The minimum Gasteiger partial charge on any atom is -0.368 e.